The van der Waals surface area contributed by atoms with Crippen molar-refractivity contribution in [1.29, 1.82) is 0 Å². The molecule has 1 aromatic heterocycles. The molecule has 1 aliphatic carbocycles. The van der Waals surface area contributed by atoms with E-state index in [1.54, 1.807) is 60.7 Å². The summed E-state index contributed by atoms with van der Waals surface area (Å²) < 4.78 is 57.0. The van der Waals surface area contributed by atoms with Gasteiger partial charge < -0.3 is 20.3 Å². The number of hydrogen-bond acceptors (Lipinski definition) is 7. The summed E-state index contributed by atoms with van der Waals surface area (Å²) in [5.41, 5.74) is 1.45. The van der Waals surface area contributed by atoms with Crippen molar-refractivity contribution in [2.75, 3.05) is 30.0 Å². The molecule has 0 spiro atoms. The number of aromatic nitrogens is 2. The van der Waals surface area contributed by atoms with Gasteiger partial charge in [0.15, 0.2) is 15.7 Å². The number of amides is 2. The molecule has 3 aromatic rings. The summed E-state index contributed by atoms with van der Waals surface area (Å²) in [4.78, 5) is 23.9. The van der Waals surface area contributed by atoms with Gasteiger partial charge in [-0.2, -0.15) is 0 Å². The van der Waals surface area contributed by atoms with E-state index >= 15 is 0 Å². The minimum Gasteiger partial charge on any atom is -0.377 e. The topological polar surface area (TPSA) is 114 Å². The van der Waals surface area contributed by atoms with E-state index in [2.05, 4.69) is 15.5 Å². The summed E-state index contributed by atoms with van der Waals surface area (Å²) in [5.74, 6) is 0.966. The van der Waals surface area contributed by atoms with Gasteiger partial charge in [-0.25, -0.2) is 32.0 Å². The van der Waals surface area contributed by atoms with Gasteiger partial charge in [-0.05, 0) is 63.1 Å². The predicted molar refractivity (Wildman–Crippen MR) is 147 cm³/mol. The highest BCUT2D eigenvalue weighted by atomic mass is 32.2. The first kappa shape index (κ1) is 27.9. The van der Waals surface area contributed by atoms with E-state index < -0.39 is 33.6 Å². The number of urea groups is 1. The first-order chi connectivity index (χ1) is 19.1. The van der Waals surface area contributed by atoms with Crippen molar-refractivity contribution in [2.24, 2.45) is 0 Å². The number of carbonyl (C=O) groups is 1. The lowest BCUT2D eigenvalue weighted by atomic mass is 10.1. The van der Waals surface area contributed by atoms with Crippen LogP contribution in [0.5, 0.6) is 0 Å². The molecule has 1 aliphatic heterocycles. The van der Waals surface area contributed by atoms with E-state index in [9.17, 15) is 22.0 Å². The van der Waals surface area contributed by atoms with Crippen LogP contribution in [0.4, 0.5) is 25.1 Å². The Balaban J connectivity index is 1.53. The van der Waals surface area contributed by atoms with Crippen molar-refractivity contribution in [3.05, 3.63) is 66.4 Å². The second kappa shape index (κ2) is 11.1. The molecule has 2 aromatic carbocycles. The van der Waals surface area contributed by atoms with Crippen LogP contribution in [0.3, 0.4) is 0 Å². The van der Waals surface area contributed by atoms with Crippen LogP contribution in [0.2, 0.25) is 0 Å². The quantitative estimate of drug-likeness (QED) is 0.406. The van der Waals surface area contributed by atoms with Crippen LogP contribution in [-0.4, -0.2) is 62.7 Å². The molecule has 2 fully saturated rings. The molecule has 2 aliphatic rings. The monoisotopic (exact) mass is 571 g/mol. The molecule has 1 saturated carbocycles. The smallest absolute Gasteiger partial charge is 0.319 e. The molecule has 2 heterocycles. The number of rotatable bonds is 8. The number of nitrogens with one attached hydrogen (secondary N) is 2. The van der Waals surface area contributed by atoms with Crippen molar-refractivity contribution >= 4 is 27.4 Å². The number of sulfone groups is 1. The lowest BCUT2D eigenvalue weighted by Gasteiger charge is -2.40. The molecule has 2 amide bonds. The van der Waals surface area contributed by atoms with E-state index in [4.69, 9.17) is 14.7 Å². The molecule has 0 radical (unpaired) electrons. The Morgan fingerprint density at radius 3 is 2.30 bits per heavy atom. The molecule has 2 atom stereocenters. The van der Waals surface area contributed by atoms with E-state index in [0.717, 1.165) is 0 Å². The zero-order valence-corrected chi connectivity index (χ0v) is 23.0. The molecule has 5 rings (SSSR count). The first-order valence-electron chi connectivity index (χ1n) is 13.1. The highest BCUT2D eigenvalue weighted by Crippen LogP contribution is 2.55. The zero-order valence-electron chi connectivity index (χ0n) is 22.2. The summed E-state index contributed by atoms with van der Waals surface area (Å²) in [5, 5.41) is 4.60. The Labute approximate surface area is 231 Å². The number of morpholine rings is 1. The van der Waals surface area contributed by atoms with Crippen molar-refractivity contribution < 1.29 is 26.7 Å². The minimum absolute atomic E-state index is 0.0126. The number of alkyl halides is 2. The van der Waals surface area contributed by atoms with Crippen LogP contribution in [0.25, 0.3) is 11.4 Å². The number of carbonyl (C=O) groups excluding carboxylic acids is 1. The van der Waals surface area contributed by atoms with Gasteiger partial charge in [0, 0.05) is 17.3 Å². The SMILES string of the molecule is C[C@H]1COC[C@H](C)N1c1cc(C2(S(=O)(=O)c3ccccc3)CC2)nc(-c2ccc(NC(=O)NCC(F)F)cc2)n1. The summed E-state index contributed by atoms with van der Waals surface area (Å²) in [7, 11) is -3.73. The number of halogens is 2. The Morgan fingerprint density at radius 2 is 1.70 bits per heavy atom. The van der Waals surface area contributed by atoms with Crippen LogP contribution in [0.15, 0.2) is 65.6 Å². The number of anilines is 2. The Morgan fingerprint density at radius 1 is 1.05 bits per heavy atom. The summed E-state index contributed by atoms with van der Waals surface area (Å²) in [6.45, 7) is 4.34. The van der Waals surface area contributed by atoms with Crippen molar-refractivity contribution in [3.63, 3.8) is 0 Å². The highest BCUT2D eigenvalue weighted by molar-refractivity contribution is 7.92. The third-order valence-corrected chi connectivity index (χ3v) is 9.74. The van der Waals surface area contributed by atoms with Gasteiger partial charge >= 0.3 is 6.03 Å². The fourth-order valence-electron chi connectivity index (χ4n) is 5.03. The molecule has 0 unspecified atom stereocenters. The summed E-state index contributed by atoms with van der Waals surface area (Å²) in [6.07, 6.45) is -1.75. The maximum absolute atomic E-state index is 13.8. The van der Waals surface area contributed by atoms with Gasteiger partial charge in [-0.1, -0.05) is 18.2 Å². The molecule has 9 nitrogen and oxygen atoms in total. The zero-order chi connectivity index (χ0) is 28.5. The molecule has 212 valence electrons. The van der Waals surface area contributed by atoms with Crippen molar-refractivity contribution in [1.82, 2.24) is 15.3 Å². The fourth-order valence-corrected chi connectivity index (χ4v) is 7.02. The van der Waals surface area contributed by atoms with Crippen LogP contribution in [-0.2, 0) is 19.3 Å². The second-order valence-electron chi connectivity index (χ2n) is 10.2. The molecular weight excluding hydrogens is 540 g/mol. The Bertz CT molecular complexity index is 1460. The minimum atomic E-state index is -3.73. The van der Waals surface area contributed by atoms with Gasteiger partial charge in [-0.15, -0.1) is 0 Å². The van der Waals surface area contributed by atoms with E-state index in [-0.39, 0.29) is 17.0 Å². The number of nitrogens with zero attached hydrogens (tertiary/aromatic N) is 3. The maximum atomic E-state index is 13.8. The van der Waals surface area contributed by atoms with Crippen LogP contribution in [0.1, 0.15) is 32.4 Å². The Kier molecular flexibility index (Phi) is 7.74. The molecule has 12 heteroatoms. The third kappa shape index (κ3) is 5.50. The van der Waals surface area contributed by atoms with Gasteiger partial charge in [-0.3, -0.25) is 0 Å². The van der Waals surface area contributed by atoms with Crippen LogP contribution < -0.4 is 15.5 Å². The number of hydrogen-bond donors (Lipinski definition) is 2. The maximum Gasteiger partial charge on any atom is 0.319 e. The fraction of sp³-hybridized carbons (Fsp3) is 0.393. The average molecular weight is 572 g/mol. The first-order valence-corrected chi connectivity index (χ1v) is 14.6. The third-order valence-electron chi connectivity index (χ3n) is 7.20. The van der Waals surface area contributed by atoms with Gasteiger partial charge in [0.2, 0.25) is 0 Å². The Hall–Kier alpha value is -3.64. The molecule has 0 bridgehead atoms. The number of ether oxygens (including phenoxy) is 1. The molecule has 1 saturated heterocycles. The van der Waals surface area contributed by atoms with Crippen molar-refractivity contribution in [3.8, 4) is 11.4 Å². The van der Waals surface area contributed by atoms with Gasteiger partial charge in [0.25, 0.3) is 6.43 Å². The van der Waals surface area contributed by atoms with Crippen LogP contribution in [0, 0.1) is 0 Å². The van der Waals surface area contributed by atoms with E-state index in [1.807, 2.05) is 13.8 Å². The normalized spacial score (nSPS) is 20.3. The molecule has 40 heavy (non-hydrogen) atoms. The summed E-state index contributed by atoms with van der Waals surface area (Å²) in [6, 6.07) is 16.1. The van der Waals surface area contributed by atoms with Gasteiger partial charge in [0.1, 0.15) is 10.6 Å². The second-order valence-corrected chi connectivity index (χ2v) is 12.5. The van der Waals surface area contributed by atoms with E-state index in [1.165, 1.54) is 0 Å². The van der Waals surface area contributed by atoms with E-state index in [0.29, 0.717) is 54.6 Å². The number of benzene rings is 2. The lowest BCUT2D eigenvalue weighted by molar-refractivity contribution is 0.0752. The largest absolute Gasteiger partial charge is 0.377 e. The van der Waals surface area contributed by atoms with Crippen LogP contribution >= 0.6 is 0 Å². The average Bonchev–Trinajstić information content (AvgIpc) is 3.76. The standard InChI is InChI=1S/C28H31F2N5O4S/c1-18-16-39-17-19(2)35(18)25-14-23(28(12-13-28)40(37,38)22-6-4-3-5-7-22)33-26(34-25)20-8-10-21(11-9-20)32-27(36)31-15-24(29)30/h3-11,14,18-19,24H,12-13,15-17H2,1-2H3,(H2,31,32,36)/t18-,19-/m0/s1. The summed E-state index contributed by atoms with van der Waals surface area (Å²) >= 11 is 0. The lowest BCUT2D eigenvalue weighted by Crippen LogP contribution is -2.50. The predicted octanol–water partition coefficient (Wildman–Crippen LogP) is 4.61. The van der Waals surface area contributed by atoms with Gasteiger partial charge in [0.05, 0.1) is 42.4 Å². The highest BCUT2D eigenvalue weighted by Gasteiger charge is 2.58. The van der Waals surface area contributed by atoms with Crippen molar-refractivity contribution in [2.45, 2.75) is 54.8 Å². The molecule has 2 N–H and O–H groups in total. The molecular formula is C28H31F2N5O4S.